The van der Waals surface area contributed by atoms with Crippen LogP contribution in [0.5, 0.6) is 0 Å². The van der Waals surface area contributed by atoms with Gasteiger partial charge in [-0.15, -0.1) is 0 Å². The van der Waals surface area contributed by atoms with Gasteiger partial charge < -0.3 is 15.0 Å². The highest BCUT2D eigenvalue weighted by atomic mass is 16.5. The van der Waals surface area contributed by atoms with Crippen molar-refractivity contribution < 1.29 is 9.26 Å². The van der Waals surface area contributed by atoms with Crippen LogP contribution in [0, 0.1) is 0 Å². The number of nitrogens with zero attached hydrogens (tertiary/aromatic N) is 3. The number of aromatic nitrogens is 3. The molecule has 0 radical (unpaired) electrons. The molecule has 0 aliphatic rings. The molecule has 19 heavy (non-hydrogen) atoms. The van der Waals surface area contributed by atoms with Gasteiger partial charge in [-0.05, 0) is 25.0 Å². The molecule has 0 spiro atoms. The van der Waals surface area contributed by atoms with Gasteiger partial charge in [-0.2, -0.15) is 4.98 Å². The van der Waals surface area contributed by atoms with Gasteiger partial charge in [-0.3, -0.25) is 0 Å². The molecule has 6 nitrogen and oxygen atoms in total. The van der Waals surface area contributed by atoms with Gasteiger partial charge in [0.2, 0.25) is 5.82 Å². The molecule has 2 aromatic rings. The lowest BCUT2D eigenvalue weighted by Gasteiger charge is -2.25. The number of nitrogens with two attached hydrogens (primary N) is 1. The van der Waals surface area contributed by atoms with Crippen LogP contribution in [0.3, 0.4) is 0 Å². The van der Waals surface area contributed by atoms with Crippen LogP contribution in [-0.2, 0) is 10.3 Å². The molecule has 2 aromatic heterocycles. The number of hydrogen-bond acceptors (Lipinski definition) is 6. The van der Waals surface area contributed by atoms with Gasteiger partial charge in [-0.25, -0.2) is 4.98 Å². The molecule has 0 atom stereocenters. The Hall–Kier alpha value is -1.95. The van der Waals surface area contributed by atoms with E-state index in [9.17, 15) is 0 Å². The minimum atomic E-state index is -0.512. The third-order valence-electron chi connectivity index (χ3n) is 3.36. The van der Waals surface area contributed by atoms with E-state index < -0.39 is 5.60 Å². The second-order valence-electron chi connectivity index (χ2n) is 4.28. The molecule has 0 saturated carbocycles. The Balaban J connectivity index is 2.38. The van der Waals surface area contributed by atoms with Crippen LogP contribution in [-0.4, -0.2) is 22.2 Å². The predicted octanol–water partition coefficient (Wildman–Crippen LogP) is 2.38. The average molecular weight is 262 g/mol. The average Bonchev–Trinajstić information content (AvgIpc) is 2.92. The highest BCUT2D eigenvalue weighted by Gasteiger charge is 2.33. The fourth-order valence-corrected chi connectivity index (χ4v) is 2.03. The van der Waals surface area contributed by atoms with Crippen molar-refractivity contribution in [3.63, 3.8) is 0 Å². The molecule has 0 saturated heterocycles. The first kappa shape index (κ1) is 13.5. The van der Waals surface area contributed by atoms with Crippen molar-refractivity contribution in [2.45, 2.75) is 32.3 Å². The molecule has 0 amide bonds. The topological polar surface area (TPSA) is 87.1 Å². The number of methoxy groups -OCH3 is 1. The minimum Gasteiger partial charge on any atom is -0.384 e. The first-order valence-electron chi connectivity index (χ1n) is 6.27. The summed E-state index contributed by atoms with van der Waals surface area (Å²) in [5.74, 6) is 1.31. The Kier molecular flexibility index (Phi) is 3.80. The summed E-state index contributed by atoms with van der Waals surface area (Å²) < 4.78 is 10.8. The molecule has 0 bridgehead atoms. The highest BCUT2D eigenvalue weighted by molar-refractivity contribution is 5.50. The van der Waals surface area contributed by atoms with E-state index in [1.54, 1.807) is 25.3 Å². The summed E-state index contributed by atoms with van der Waals surface area (Å²) in [5, 5.41) is 4.02. The Labute approximate surface area is 112 Å². The lowest BCUT2D eigenvalue weighted by atomic mass is 9.96. The first-order chi connectivity index (χ1) is 9.15. The molecule has 2 N–H and O–H groups in total. The third-order valence-corrected chi connectivity index (χ3v) is 3.36. The van der Waals surface area contributed by atoms with Crippen molar-refractivity contribution in [3.8, 4) is 11.6 Å². The zero-order valence-electron chi connectivity index (χ0n) is 11.4. The molecule has 0 unspecified atom stereocenters. The summed E-state index contributed by atoms with van der Waals surface area (Å²) in [6.45, 7) is 4.06. The highest BCUT2D eigenvalue weighted by Crippen LogP contribution is 2.31. The van der Waals surface area contributed by atoms with Gasteiger partial charge in [-0.1, -0.05) is 25.1 Å². The lowest BCUT2D eigenvalue weighted by Crippen LogP contribution is -2.28. The van der Waals surface area contributed by atoms with Gasteiger partial charge in [0.25, 0.3) is 5.89 Å². The van der Waals surface area contributed by atoms with E-state index in [0.717, 1.165) is 12.8 Å². The maximum atomic E-state index is 5.64. The Bertz CT molecular complexity index is 541. The zero-order valence-corrected chi connectivity index (χ0v) is 11.4. The van der Waals surface area contributed by atoms with Gasteiger partial charge >= 0.3 is 0 Å². The van der Waals surface area contributed by atoms with Crippen LogP contribution >= 0.6 is 0 Å². The fraction of sp³-hybridized carbons (Fsp3) is 0.462. The van der Waals surface area contributed by atoms with E-state index in [1.165, 1.54) is 0 Å². The van der Waals surface area contributed by atoms with E-state index in [4.69, 9.17) is 15.0 Å². The van der Waals surface area contributed by atoms with Crippen molar-refractivity contribution in [2.75, 3.05) is 12.8 Å². The molecule has 2 rings (SSSR count). The van der Waals surface area contributed by atoms with E-state index in [2.05, 4.69) is 15.1 Å². The van der Waals surface area contributed by atoms with E-state index in [-0.39, 0.29) is 0 Å². The summed E-state index contributed by atoms with van der Waals surface area (Å²) in [6.07, 6.45) is 1.53. The van der Waals surface area contributed by atoms with Gasteiger partial charge in [0.15, 0.2) is 0 Å². The van der Waals surface area contributed by atoms with E-state index >= 15 is 0 Å². The standard InChI is InChI=1S/C13H18N4O2/c1-4-13(5-2,18-3)12-16-11(19-17-12)9-7-6-8-10(14)15-9/h6-8H,4-5H2,1-3H3,(H2,14,15). The molecule has 0 fully saturated rings. The van der Waals surface area contributed by atoms with Crippen LogP contribution in [0.15, 0.2) is 22.7 Å². The van der Waals surface area contributed by atoms with Crippen molar-refractivity contribution in [3.05, 3.63) is 24.0 Å². The molecular formula is C13H18N4O2. The van der Waals surface area contributed by atoms with Crippen LogP contribution in [0.2, 0.25) is 0 Å². The monoisotopic (exact) mass is 262 g/mol. The quantitative estimate of drug-likeness (QED) is 0.890. The number of nitrogen functional groups attached to an aromatic ring is 1. The van der Waals surface area contributed by atoms with E-state index in [0.29, 0.717) is 23.2 Å². The Morgan fingerprint density at radius 2 is 2.00 bits per heavy atom. The molecule has 6 heteroatoms. The van der Waals surface area contributed by atoms with Crippen molar-refractivity contribution in [1.82, 2.24) is 15.1 Å². The maximum absolute atomic E-state index is 5.64. The van der Waals surface area contributed by atoms with Crippen molar-refractivity contribution in [1.29, 1.82) is 0 Å². The largest absolute Gasteiger partial charge is 0.384 e. The van der Waals surface area contributed by atoms with Crippen molar-refractivity contribution in [2.24, 2.45) is 0 Å². The number of ether oxygens (including phenoxy) is 1. The SMILES string of the molecule is CCC(CC)(OC)c1noc(-c2cccc(N)n2)n1. The third kappa shape index (κ3) is 2.44. The molecule has 2 heterocycles. The molecule has 102 valence electrons. The van der Waals surface area contributed by atoms with Gasteiger partial charge in [0.1, 0.15) is 17.1 Å². The zero-order chi connectivity index (χ0) is 13.9. The van der Waals surface area contributed by atoms with Crippen LogP contribution in [0.4, 0.5) is 5.82 Å². The minimum absolute atomic E-state index is 0.352. The normalized spacial score (nSPS) is 11.7. The van der Waals surface area contributed by atoms with Crippen LogP contribution in [0.25, 0.3) is 11.6 Å². The number of pyridine rings is 1. The second kappa shape index (κ2) is 5.36. The summed E-state index contributed by atoms with van der Waals surface area (Å²) in [5.41, 5.74) is 5.70. The second-order valence-corrected chi connectivity index (χ2v) is 4.28. The summed E-state index contributed by atoms with van der Waals surface area (Å²) >= 11 is 0. The summed E-state index contributed by atoms with van der Waals surface area (Å²) in [6, 6.07) is 5.28. The number of anilines is 1. The number of hydrogen-bond donors (Lipinski definition) is 1. The Morgan fingerprint density at radius 1 is 1.26 bits per heavy atom. The predicted molar refractivity (Wildman–Crippen MR) is 71.2 cm³/mol. The summed E-state index contributed by atoms with van der Waals surface area (Å²) in [7, 11) is 1.65. The van der Waals surface area contributed by atoms with Crippen molar-refractivity contribution >= 4 is 5.82 Å². The fourth-order valence-electron chi connectivity index (χ4n) is 2.03. The molecule has 0 aliphatic carbocycles. The smallest absolute Gasteiger partial charge is 0.276 e. The number of rotatable bonds is 5. The van der Waals surface area contributed by atoms with E-state index in [1.807, 2.05) is 13.8 Å². The molecular weight excluding hydrogens is 244 g/mol. The summed E-state index contributed by atoms with van der Waals surface area (Å²) in [4.78, 5) is 8.54. The van der Waals surface area contributed by atoms with Gasteiger partial charge in [0.05, 0.1) is 0 Å². The van der Waals surface area contributed by atoms with Crippen LogP contribution < -0.4 is 5.73 Å². The Morgan fingerprint density at radius 3 is 2.58 bits per heavy atom. The molecule has 0 aliphatic heterocycles. The van der Waals surface area contributed by atoms with Gasteiger partial charge in [0, 0.05) is 7.11 Å². The maximum Gasteiger partial charge on any atom is 0.276 e. The van der Waals surface area contributed by atoms with Crippen LogP contribution in [0.1, 0.15) is 32.5 Å². The molecule has 0 aromatic carbocycles. The first-order valence-corrected chi connectivity index (χ1v) is 6.27. The lowest BCUT2D eigenvalue weighted by molar-refractivity contribution is -0.0306.